The first-order chi connectivity index (χ1) is 10.2. The molecule has 1 aliphatic heterocycles. The number of amides is 1. The molecule has 5 nitrogen and oxygen atoms in total. The van der Waals surface area contributed by atoms with Gasteiger partial charge in [0.2, 0.25) is 0 Å². The minimum absolute atomic E-state index is 0.0701. The molecule has 116 valence electrons. The van der Waals surface area contributed by atoms with Gasteiger partial charge in [-0.05, 0) is 32.0 Å². The zero-order valence-corrected chi connectivity index (χ0v) is 12.6. The molecule has 1 aromatic carbocycles. The second-order valence-electron chi connectivity index (χ2n) is 5.26. The summed E-state index contributed by atoms with van der Waals surface area (Å²) < 4.78 is 10.7. The Morgan fingerprint density at radius 3 is 2.71 bits per heavy atom. The maximum Gasteiger partial charge on any atom is 0.257 e. The number of rotatable bonds is 7. The Balaban J connectivity index is 1.54. The quantitative estimate of drug-likeness (QED) is 0.768. The summed E-state index contributed by atoms with van der Waals surface area (Å²) >= 11 is 0. The smallest absolute Gasteiger partial charge is 0.257 e. The minimum Gasteiger partial charge on any atom is -0.484 e. The van der Waals surface area contributed by atoms with Crippen LogP contribution in [0, 0.1) is 6.92 Å². The van der Waals surface area contributed by atoms with Gasteiger partial charge in [0.25, 0.3) is 5.91 Å². The number of hydrogen-bond acceptors (Lipinski definition) is 4. The molecule has 1 heterocycles. The van der Waals surface area contributed by atoms with Crippen molar-refractivity contribution >= 4 is 5.91 Å². The van der Waals surface area contributed by atoms with E-state index in [-0.39, 0.29) is 12.5 Å². The fourth-order valence-electron chi connectivity index (χ4n) is 2.19. The number of nitrogens with one attached hydrogen (secondary N) is 1. The van der Waals surface area contributed by atoms with E-state index in [0.717, 1.165) is 45.0 Å². The highest BCUT2D eigenvalue weighted by Crippen LogP contribution is 2.10. The van der Waals surface area contributed by atoms with Crippen molar-refractivity contribution in [2.45, 2.75) is 13.3 Å². The van der Waals surface area contributed by atoms with Gasteiger partial charge in [0, 0.05) is 19.6 Å². The van der Waals surface area contributed by atoms with Gasteiger partial charge in [-0.3, -0.25) is 9.69 Å². The molecule has 1 amide bonds. The molecule has 0 atom stereocenters. The standard InChI is InChI=1S/C16H24N2O3/c1-14-3-5-15(6-4-14)21-13-16(19)17-7-2-8-18-9-11-20-12-10-18/h3-6H,2,7-13H2,1H3,(H,17,19). The van der Waals surface area contributed by atoms with Gasteiger partial charge >= 0.3 is 0 Å². The van der Waals surface area contributed by atoms with Crippen LogP contribution in [0.1, 0.15) is 12.0 Å². The van der Waals surface area contributed by atoms with E-state index in [0.29, 0.717) is 6.54 Å². The lowest BCUT2D eigenvalue weighted by Gasteiger charge is -2.26. The van der Waals surface area contributed by atoms with E-state index in [4.69, 9.17) is 9.47 Å². The van der Waals surface area contributed by atoms with Crippen LogP contribution in [0.25, 0.3) is 0 Å². The molecular weight excluding hydrogens is 268 g/mol. The highest BCUT2D eigenvalue weighted by molar-refractivity contribution is 5.77. The normalized spacial score (nSPS) is 15.7. The summed E-state index contributed by atoms with van der Waals surface area (Å²) in [6.45, 7) is 7.39. The van der Waals surface area contributed by atoms with E-state index in [1.807, 2.05) is 31.2 Å². The molecular formula is C16H24N2O3. The van der Waals surface area contributed by atoms with E-state index in [2.05, 4.69) is 10.2 Å². The van der Waals surface area contributed by atoms with Gasteiger partial charge in [0.1, 0.15) is 5.75 Å². The number of carbonyl (C=O) groups is 1. The van der Waals surface area contributed by atoms with Crippen molar-refractivity contribution in [3.05, 3.63) is 29.8 Å². The third-order valence-electron chi connectivity index (χ3n) is 3.47. The molecule has 5 heteroatoms. The molecule has 0 spiro atoms. The fraction of sp³-hybridized carbons (Fsp3) is 0.562. The molecule has 1 fully saturated rings. The molecule has 1 N–H and O–H groups in total. The zero-order valence-electron chi connectivity index (χ0n) is 12.6. The largest absolute Gasteiger partial charge is 0.484 e. The van der Waals surface area contributed by atoms with Crippen molar-refractivity contribution in [2.24, 2.45) is 0 Å². The molecule has 1 aromatic rings. The van der Waals surface area contributed by atoms with E-state index < -0.39 is 0 Å². The van der Waals surface area contributed by atoms with Gasteiger partial charge in [0.15, 0.2) is 6.61 Å². The number of morpholine rings is 1. The van der Waals surface area contributed by atoms with Crippen LogP contribution >= 0.6 is 0 Å². The maximum absolute atomic E-state index is 11.7. The lowest BCUT2D eigenvalue weighted by Crippen LogP contribution is -2.38. The summed E-state index contributed by atoms with van der Waals surface area (Å²) in [6, 6.07) is 7.69. The summed E-state index contributed by atoms with van der Waals surface area (Å²) in [5.74, 6) is 0.654. The predicted octanol–water partition coefficient (Wildman–Crippen LogP) is 1.21. The third kappa shape index (κ3) is 6.14. The Labute approximate surface area is 126 Å². The second-order valence-corrected chi connectivity index (χ2v) is 5.26. The van der Waals surface area contributed by atoms with Gasteiger partial charge in [-0.15, -0.1) is 0 Å². The Kier molecular flexibility index (Phi) is 6.50. The SMILES string of the molecule is Cc1ccc(OCC(=O)NCCCN2CCOCC2)cc1. The molecule has 0 saturated carbocycles. The maximum atomic E-state index is 11.7. The summed E-state index contributed by atoms with van der Waals surface area (Å²) in [5.41, 5.74) is 1.18. The molecule has 0 aromatic heterocycles. The average molecular weight is 292 g/mol. The monoisotopic (exact) mass is 292 g/mol. The Bertz CT molecular complexity index is 428. The van der Waals surface area contributed by atoms with Crippen molar-refractivity contribution in [3.63, 3.8) is 0 Å². The van der Waals surface area contributed by atoms with Gasteiger partial charge < -0.3 is 14.8 Å². The van der Waals surface area contributed by atoms with Crippen LogP contribution in [0.4, 0.5) is 0 Å². The lowest BCUT2D eigenvalue weighted by molar-refractivity contribution is -0.123. The van der Waals surface area contributed by atoms with E-state index in [1.165, 1.54) is 5.56 Å². The minimum atomic E-state index is -0.0717. The molecule has 0 aliphatic carbocycles. The van der Waals surface area contributed by atoms with Gasteiger partial charge in [0.05, 0.1) is 13.2 Å². The van der Waals surface area contributed by atoms with Crippen LogP contribution in [0.5, 0.6) is 5.75 Å². The van der Waals surface area contributed by atoms with Gasteiger partial charge in [-0.2, -0.15) is 0 Å². The first-order valence-corrected chi connectivity index (χ1v) is 7.50. The predicted molar refractivity (Wildman–Crippen MR) is 81.6 cm³/mol. The molecule has 0 unspecified atom stereocenters. The topological polar surface area (TPSA) is 50.8 Å². The van der Waals surface area contributed by atoms with Crippen molar-refractivity contribution in [1.29, 1.82) is 0 Å². The Hall–Kier alpha value is -1.59. The van der Waals surface area contributed by atoms with Crippen molar-refractivity contribution in [2.75, 3.05) is 46.0 Å². The summed E-state index contributed by atoms with van der Waals surface area (Å²) in [5, 5.41) is 2.88. The van der Waals surface area contributed by atoms with Crippen molar-refractivity contribution in [3.8, 4) is 5.75 Å². The molecule has 21 heavy (non-hydrogen) atoms. The summed E-state index contributed by atoms with van der Waals surface area (Å²) in [4.78, 5) is 14.0. The number of nitrogens with zero attached hydrogens (tertiary/aromatic N) is 1. The van der Waals surface area contributed by atoms with Crippen LogP contribution in [0.15, 0.2) is 24.3 Å². The summed E-state index contributed by atoms with van der Waals surface area (Å²) in [6.07, 6.45) is 0.955. The van der Waals surface area contributed by atoms with Gasteiger partial charge in [-0.25, -0.2) is 0 Å². The third-order valence-corrected chi connectivity index (χ3v) is 3.47. The lowest BCUT2D eigenvalue weighted by atomic mass is 10.2. The van der Waals surface area contributed by atoms with Crippen molar-refractivity contribution < 1.29 is 14.3 Å². The van der Waals surface area contributed by atoms with Gasteiger partial charge in [-0.1, -0.05) is 17.7 Å². The highest BCUT2D eigenvalue weighted by atomic mass is 16.5. The molecule has 1 saturated heterocycles. The molecule has 1 aliphatic rings. The second kappa shape index (κ2) is 8.64. The van der Waals surface area contributed by atoms with Crippen LogP contribution in [-0.2, 0) is 9.53 Å². The van der Waals surface area contributed by atoms with E-state index in [9.17, 15) is 4.79 Å². The number of carbonyl (C=O) groups excluding carboxylic acids is 1. The molecule has 0 bridgehead atoms. The van der Waals surface area contributed by atoms with Crippen LogP contribution in [0.2, 0.25) is 0 Å². The number of aryl methyl sites for hydroxylation is 1. The van der Waals surface area contributed by atoms with Crippen LogP contribution in [0.3, 0.4) is 0 Å². The first-order valence-electron chi connectivity index (χ1n) is 7.50. The Morgan fingerprint density at radius 1 is 1.29 bits per heavy atom. The van der Waals surface area contributed by atoms with E-state index >= 15 is 0 Å². The average Bonchev–Trinajstić information content (AvgIpc) is 2.52. The first kappa shape index (κ1) is 15.8. The zero-order chi connectivity index (χ0) is 14.9. The number of hydrogen-bond donors (Lipinski definition) is 1. The van der Waals surface area contributed by atoms with Crippen molar-refractivity contribution in [1.82, 2.24) is 10.2 Å². The highest BCUT2D eigenvalue weighted by Gasteiger charge is 2.09. The number of benzene rings is 1. The molecule has 2 rings (SSSR count). The summed E-state index contributed by atoms with van der Waals surface area (Å²) in [7, 11) is 0. The van der Waals surface area contributed by atoms with E-state index in [1.54, 1.807) is 0 Å². The van der Waals surface area contributed by atoms with Crippen LogP contribution < -0.4 is 10.1 Å². The molecule has 0 radical (unpaired) electrons. The Morgan fingerprint density at radius 2 is 2.00 bits per heavy atom. The fourth-order valence-corrected chi connectivity index (χ4v) is 2.19. The number of ether oxygens (including phenoxy) is 2. The van der Waals surface area contributed by atoms with Crippen LogP contribution in [-0.4, -0.2) is 56.8 Å².